The quantitative estimate of drug-likeness (QED) is 0.227. The second-order valence-corrected chi connectivity index (χ2v) is 13.9. The molecule has 0 saturated heterocycles. The van der Waals surface area contributed by atoms with E-state index in [1.165, 1.54) is 0 Å². The number of para-hydroxylation sites is 1. The van der Waals surface area contributed by atoms with Gasteiger partial charge < -0.3 is 18.8 Å². The Morgan fingerprint density at radius 2 is 0.982 bits per heavy atom. The fourth-order valence-electron chi connectivity index (χ4n) is 7.97. The smallest absolute Gasteiger partial charge is 0.175 e. The average molecular weight is 703 g/mol. The van der Waals surface area contributed by atoms with Gasteiger partial charge in [0.15, 0.2) is 16.9 Å². The first-order valence-electron chi connectivity index (χ1n) is 18.0. The van der Waals surface area contributed by atoms with Crippen molar-refractivity contribution in [2.45, 2.75) is 0 Å². The molecule has 10 rings (SSSR count). The highest BCUT2D eigenvalue weighted by atomic mass is 16.4. The van der Waals surface area contributed by atoms with Crippen molar-refractivity contribution >= 4 is 152 Å². The molecular weight excluding hydrogens is 679 g/mol. The molecule has 2 heterocycles. The van der Waals surface area contributed by atoms with E-state index in [4.69, 9.17) is 55.9 Å². The Morgan fingerprint density at radius 1 is 0.393 bits per heavy atom. The van der Waals surface area contributed by atoms with Crippen LogP contribution in [-0.2, 0) is 0 Å². The van der Waals surface area contributed by atoms with E-state index in [1.807, 2.05) is 54.6 Å². The van der Waals surface area contributed by atoms with Gasteiger partial charge in [0.1, 0.15) is 58.2 Å². The first-order valence-corrected chi connectivity index (χ1v) is 18.0. The van der Waals surface area contributed by atoms with Gasteiger partial charge in [-0.05, 0) is 64.0 Å². The lowest BCUT2D eigenvalue weighted by atomic mass is 9.66. The number of rotatable bonds is 5. The topological polar surface area (TPSA) is 49.8 Å². The normalized spacial score (nSPS) is 11.7. The van der Waals surface area contributed by atoms with E-state index < -0.39 is 0 Å². The maximum Gasteiger partial charge on any atom is 0.175 e. The number of aromatic hydroxyl groups is 1. The summed E-state index contributed by atoms with van der Waals surface area (Å²) in [6.45, 7) is 0. The van der Waals surface area contributed by atoms with Crippen LogP contribution in [-0.4, -0.2) is 52.2 Å². The molecule has 0 fully saturated rings. The van der Waals surface area contributed by atoms with Crippen molar-refractivity contribution in [1.29, 1.82) is 0 Å². The zero-order valence-electron chi connectivity index (χ0n) is 29.9. The predicted molar refractivity (Wildman–Crippen MR) is 238 cm³/mol. The fraction of sp³-hybridized carbons (Fsp3) is 0. The molecule has 248 valence electrons. The van der Waals surface area contributed by atoms with Crippen molar-refractivity contribution in [1.82, 2.24) is 0 Å². The van der Waals surface area contributed by atoms with Crippen LogP contribution >= 0.6 is 0 Å². The Balaban J connectivity index is 1.19. The van der Waals surface area contributed by atoms with Crippen LogP contribution in [0.5, 0.6) is 5.75 Å². The number of phenols is 1. The second kappa shape index (κ2) is 12.8. The van der Waals surface area contributed by atoms with E-state index in [9.17, 15) is 5.11 Å². The van der Waals surface area contributed by atoms with Crippen LogP contribution in [0.15, 0.2) is 142 Å². The molecule has 0 bridgehead atoms. The number of anilines is 3. The minimum absolute atomic E-state index is 0.0228. The summed E-state index contributed by atoms with van der Waals surface area (Å²) < 4.78 is 12.9. The molecule has 0 aliphatic rings. The fourth-order valence-corrected chi connectivity index (χ4v) is 7.97. The van der Waals surface area contributed by atoms with Crippen molar-refractivity contribution < 1.29 is 13.9 Å². The Bertz CT molecular complexity index is 3210. The van der Waals surface area contributed by atoms with Gasteiger partial charge in [0, 0.05) is 38.3 Å². The van der Waals surface area contributed by atoms with E-state index in [1.54, 1.807) is 0 Å². The van der Waals surface area contributed by atoms with Crippen molar-refractivity contribution in [3.63, 3.8) is 0 Å². The van der Waals surface area contributed by atoms with Crippen LogP contribution in [0.2, 0.25) is 0 Å². The molecule has 10 aromatic rings. The zero-order valence-corrected chi connectivity index (χ0v) is 29.9. The largest absolute Gasteiger partial charge is 0.505 e. The minimum Gasteiger partial charge on any atom is -0.505 e. The number of phenolic OH excluding ortho intramolecular Hbond substituents is 1. The summed E-state index contributed by atoms with van der Waals surface area (Å²) in [5.74, 6) is -0.345. The first kappa shape index (κ1) is 34.1. The number of hydrogen-bond acceptors (Lipinski definition) is 4. The molecule has 0 spiro atoms. The van der Waals surface area contributed by atoms with Gasteiger partial charge in [-0.1, -0.05) is 119 Å². The summed E-state index contributed by atoms with van der Waals surface area (Å²) >= 11 is 0. The van der Waals surface area contributed by atoms with Crippen molar-refractivity contribution in [3.8, 4) is 28.0 Å². The molecule has 0 amide bonds. The molecule has 12 radical (unpaired) electrons. The van der Waals surface area contributed by atoms with Gasteiger partial charge in [-0.3, -0.25) is 0 Å². The molecule has 2 aromatic heterocycles. The summed E-state index contributed by atoms with van der Waals surface area (Å²) in [6.07, 6.45) is 0. The standard InChI is InChI=1S/C46H23B6NO3/c47-36-33(34-35-37(48)38(49)40(51)42(54)46(35)56-45(34)41(52)39(36)50)26-15-20-28(21-16-26)53(27-18-13-24(14-19-27)23-7-2-1-3-8-23)32-12-6-11-30-31-22-17-25-9-4-5-10-29(25)43(31)55-44(30)32/h1-22,54H. The number of furan rings is 2. The second-order valence-electron chi connectivity index (χ2n) is 13.9. The molecule has 0 unspecified atom stereocenters. The van der Waals surface area contributed by atoms with E-state index in [2.05, 4.69) is 83.8 Å². The summed E-state index contributed by atoms with van der Waals surface area (Å²) in [7, 11) is 38.5. The Labute approximate surface area is 330 Å². The lowest BCUT2D eigenvalue weighted by Crippen LogP contribution is -2.41. The van der Waals surface area contributed by atoms with Gasteiger partial charge in [0.2, 0.25) is 0 Å². The molecule has 8 aromatic carbocycles. The highest BCUT2D eigenvalue weighted by molar-refractivity contribution is 6.65. The third-order valence-corrected chi connectivity index (χ3v) is 10.8. The van der Waals surface area contributed by atoms with Gasteiger partial charge in [0.25, 0.3) is 0 Å². The van der Waals surface area contributed by atoms with Gasteiger partial charge in [-0.2, -0.15) is 0 Å². The number of hydrogen-bond donors (Lipinski definition) is 1. The monoisotopic (exact) mass is 703 g/mol. The van der Waals surface area contributed by atoms with Crippen molar-refractivity contribution in [2.24, 2.45) is 0 Å². The maximum absolute atomic E-state index is 11.0. The molecule has 0 aliphatic carbocycles. The molecule has 0 saturated carbocycles. The third-order valence-electron chi connectivity index (χ3n) is 10.8. The van der Waals surface area contributed by atoms with E-state index >= 15 is 0 Å². The van der Waals surface area contributed by atoms with Crippen LogP contribution in [0.3, 0.4) is 0 Å². The van der Waals surface area contributed by atoms with Crippen LogP contribution in [0.25, 0.3) is 76.9 Å². The Morgan fingerprint density at radius 3 is 1.71 bits per heavy atom. The molecule has 1 N–H and O–H groups in total. The molecule has 0 aliphatic heterocycles. The highest BCUT2D eigenvalue weighted by Crippen LogP contribution is 2.44. The lowest BCUT2D eigenvalue weighted by Gasteiger charge is -2.26. The molecule has 56 heavy (non-hydrogen) atoms. The van der Waals surface area contributed by atoms with Crippen molar-refractivity contribution in [2.75, 3.05) is 4.90 Å². The predicted octanol–water partition coefficient (Wildman–Crippen LogP) is 5.91. The van der Waals surface area contributed by atoms with Crippen molar-refractivity contribution in [3.05, 3.63) is 133 Å². The highest BCUT2D eigenvalue weighted by Gasteiger charge is 2.25. The van der Waals surface area contributed by atoms with E-state index in [0.29, 0.717) is 21.9 Å². The van der Waals surface area contributed by atoms with E-state index in [-0.39, 0.29) is 49.7 Å². The molecular formula is C46H23B6NO3. The van der Waals surface area contributed by atoms with Gasteiger partial charge in [-0.25, -0.2) is 0 Å². The number of nitrogens with zero attached hydrogens (tertiary/aromatic N) is 1. The molecule has 10 heteroatoms. The van der Waals surface area contributed by atoms with Crippen LogP contribution in [0.4, 0.5) is 17.1 Å². The molecule has 0 atom stereocenters. The summed E-state index contributed by atoms with van der Waals surface area (Å²) in [4.78, 5) is 2.18. The number of fused-ring (bicyclic) bond motifs is 8. The van der Waals surface area contributed by atoms with E-state index in [0.717, 1.165) is 60.9 Å². The summed E-state index contributed by atoms with van der Waals surface area (Å²) in [5.41, 5.74) is 8.46. The Kier molecular flexibility index (Phi) is 7.83. The number of benzene rings is 8. The maximum atomic E-state index is 11.0. The average Bonchev–Trinajstić information content (AvgIpc) is 3.83. The third kappa shape index (κ3) is 5.02. The first-order chi connectivity index (χ1) is 27.2. The lowest BCUT2D eigenvalue weighted by molar-refractivity contribution is 0.473. The van der Waals surface area contributed by atoms with Gasteiger partial charge >= 0.3 is 0 Å². The summed E-state index contributed by atoms with van der Waals surface area (Å²) in [6, 6.07) is 45.3. The van der Waals surface area contributed by atoms with Crippen LogP contribution < -0.4 is 37.7 Å². The summed E-state index contributed by atoms with van der Waals surface area (Å²) in [5, 5.41) is 16.0. The SMILES string of the molecule is [B]c1c([B])c(-c2ccc(N(c3ccc(-c4ccccc4)cc3)c3cccc4c3oc3c5ccccc5ccc43)cc2)c2c(oc3c(O)c([B])c([B])c([B])c32)c1[B]. The van der Waals surface area contributed by atoms with Gasteiger partial charge in [0.05, 0.1) is 5.69 Å². The zero-order chi connectivity index (χ0) is 38.4. The van der Waals surface area contributed by atoms with Crippen LogP contribution in [0, 0.1) is 0 Å². The molecule has 4 nitrogen and oxygen atoms in total. The minimum atomic E-state index is -0.345. The van der Waals surface area contributed by atoms with Gasteiger partial charge in [-0.15, -0.1) is 10.9 Å². The van der Waals surface area contributed by atoms with Crippen LogP contribution in [0.1, 0.15) is 0 Å². The Hall–Kier alpha value is -6.39.